The summed E-state index contributed by atoms with van der Waals surface area (Å²) in [6.07, 6.45) is 0. The van der Waals surface area contributed by atoms with Crippen LogP contribution in [0.15, 0.2) is 48.5 Å². The Morgan fingerprint density at radius 1 is 1.04 bits per heavy atom. The fourth-order valence-electron chi connectivity index (χ4n) is 3.47. The Kier molecular flexibility index (Phi) is 3.43. The van der Waals surface area contributed by atoms with Crippen LogP contribution in [0.5, 0.6) is 0 Å². The molecule has 0 aliphatic rings. The lowest BCUT2D eigenvalue weighted by Gasteiger charge is -2.12. The fourth-order valence-corrected chi connectivity index (χ4v) is 3.47. The minimum Gasteiger partial charge on any atom is -0.366 e. The molecule has 0 bridgehead atoms. The SMILES string of the molecule is [B]c1c(C)cccc1-c1ccc(C(N)=O)c2[nH]c3cc(C)ccc3c12. The van der Waals surface area contributed by atoms with Crippen LogP contribution < -0.4 is 11.2 Å². The van der Waals surface area contributed by atoms with Gasteiger partial charge in [-0.1, -0.05) is 47.4 Å². The molecule has 0 unspecified atom stereocenters. The quantitative estimate of drug-likeness (QED) is 0.545. The number of benzene rings is 3. The molecule has 1 heterocycles. The topological polar surface area (TPSA) is 58.9 Å². The van der Waals surface area contributed by atoms with Crippen molar-refractivity contribution in [1.82, 2.24) is 4.98 Å². The third kappa shape index (κ3) is 2.33. The minimum atomic E-state index is -0.447. The van der Waals surface area contributed by atoms with E-state index in [0.717, 1.165) is 49.5 Å². The lowest BCUT2D eigenvalue weighted by Crippen LogP contribution is -2.13. The fraction of sp³-hybridized carbons (Fsp3) is 0.0952. The van der Waals surface area contributed by atoms with Gasteiger partial charge in [0.2, 0.25) is 0 Å². The number of primary amides is 1. The molecule has 0 aliphatic heterocycles. The second kappa shape index (κ2) is 5.52. The highest BCUT2D eigenvalue weighted by atomic mass is 16.1. The summed E-state index contributed by atoms with van der Waals surface area (Å²) in [6, 6.07) is 15.9. The molecule has 0 saturated heterocycles. The predicted molar refractivity (Wildman–Crippen MR) is 105 cm³/mol. The van der Waals surface area contributed by atoms with Gasteiger partial charge in [-0.2, -0.15) is 0 Å². The van der Waals surface area contributed by atoms with Crippen molar-refractivity contribution in [3.05, 3.63) is 65.2 Å². The van der Waals surface area contributed by atoms with Gasteiger partial charge in [0.05, 0.1) is 11.1 Å². The summed E-state index contributed by atoms with van der Waals surface area (Å²) in [5.74, 6) is -0.447. The number of aromatic amines is 1. The molecule has 1 aromatic heterocycles. The first-order valence-electron chi connectivity index (χ1n) is 8.17. The summed E-state index contributed by atoms with van der Waals surface area (Å²) in [7, 11) is 6.34. The van der Waals surface area contributed by atoms with Crippen LogP contribution >= 0.6 is 0 Å². The number of carbonyl (C=O) groups excluding carboxylic acids is 1. The first-order valence-corrected chi connectivity index (χ1v) is 8.17. The van der Waals surface area contributed by atoms with E-state index in [1.165, 1.54) is 0 Å². The van der Waals surface area contributed by atoms with E-state index in [9.17, 15) is 4.79 Å². The molecule has 4 aromatic rings. The van der Waals surface area contributed by atoms with Crippen LogP contribution in [0.4, 0.5) is 0 Å². The highest BCUT2D eigenvalue weighted by Crippen LogP contribution is 2.36. The second-order valence-corrected chi connectivity index (χ2v) is 6.49. The average molecular weight is 324 g/mol. The van der Waals surface area contributed by atoms with Gasteiger partial charge in [0.15, 0.2) is 0 Å². The Labute approximate surface area is 147 Å². The van der Waals surface area contributed by atoms with E-state index in [2.05, 4.69) is 23.2 Å². The summed E-state index contributed by atoms with van der Waals surface area (Å²) in [6.45, 7) is 4.03. The molecule has 2 radical (unpaired) electrons. The molecule has 3 aromatic carbocycles. The van der Waals surface area contributed by atoms with Crippen molar-refractivity contribution in [3.63, 3.8) is 0 Å². The predicted octanol–water partition coefficient (Wildman–Crippen LogP) is 3.50. The van der Waals surface area contributed by atoms with E-state index in [4.69, 9.17) is 13.6 Å². The molecule has 4 rings (SSSR count). The van der Waals surface area contributed by atoms with Crippen molar-refractivity contribution in [3.8, 4) is 11.1 Å². The molecule has 0 spiro atoms. The van der Waals surface area contributed by atoms with Crippen LogP contribution in [0, 0.1) is 13.8 Å². The van der Waals surface area contributed by atoms with Crippen LogP contribution in [0.3, 0.4) is 0 Å². The summed E-state index contributed by atoms with van der Waals surface area (Å²) in [5.41, 5.74) is 12.7. The van der Waals surface area contributed by atoms with Crippen molar-refractivity contribution in [2.24, 2.45) is 5.73 Å². The molecule has 4 heteroatoms. The molecular weight excluding hydrogens is 307 g/mol. The number of nitrogens with one attached hydrogen (secondary N) is 1. The van der Waals surface area contributed by atoms with Crippen LogP contribution in [-0.4, -0.2) is 18.7 Å². The number of H-pyrrole nitrogens is 1. The van der Waals surface area contributed by atoms with E-state index in [-0.39, 0.29) is 0 Å². The summed E-state index contributed by atoms with van der Waals surface area (Å²) < 4.78 is 0. The summed E-state index contributed by atoms with van der Waals surface area (Å²) >= 11 is 0. The third-order valence-electron chi connectivity index (χ3n) is 4.79. The van der Waals surface area contributed by atoms with Crippen molar-refractivity contribution < 1.29 is 4.79 Å². The van der Waals surface area contributed by atoms with Gasteiger partial charge >= 0.3 is 0 Å². The van der Waals surface area contributed by atoms with Crippen molar-refractivity contribution in [2.75, 3.05) is 0 Å². The normalized spacial score (nSPS) is 11.3. The lowest BCUT2D eigenvalue weighted by atomic mass is 9.82. The van der Waals surface area contributed by atoms with Gasteiger partial charge < -0.3 is 10.7 Å². The van der Waals surface area contributed by atoms with Crippen molar-refractivity contribution >= 4 is 41.0 Å². The number of carbonyl (C=O) groups is 1. The summed E-state index contributed by atoms with van der Waals surface area (Å²) in [5, 5.41) is 2.03. The number of hydrogen-bond donors (Lipinski definition) is 2. The average Bonchev–Trinajstić information content (AvgIpc) is 2.94. The standard InChI is InChI=1S/C21H17BN2O/c1-11-6-7-15-17(10-11)24-20-16(21(23)25)9-8-13(18(15)20)14-5-3-4-12(2)19(14)22/h3-10,24H,1-2H3,(H2,23,25). The number of aryl methyl sites for hydroxylation is 2. The van der Waals surface area contributed by atoms with E-state index in [1.807, 2.05) is 38.1 Å². The molecule has 0 fully saturated rings. The van der Waals surface area contributed by atoms with Crippen LogP contribution in [-0.2, 0) is 0 Å². The number of aromatic nitrogens is 1. The largest absolute Gasteiger partial charge is 0.366 e. The zero-order valence-corrected chi connectivity index (χ0v) is 14.2. The van der Waals surface area contributed by atoms with Gasteiger partial charge in [0.1, 0.15) is 7.85 Å². The van der Waals surface area contributed by atoms with E-state index in [1.54, 1.807) is 6.07 Å². The van der Waals surface area contributed by atoms with Gasteiger partial charge in [-0.05, 0) is 42.7 Å². The smallest absolute Gasteiger partial charge is 0.250 e. The molecule has 0 saturated carbocycles. The molecule has 0 atom stereocenters. The highest BCUT2D eigenvalue weighted by molar-refractivity contribution is 6.38. The molecule has 3 nitrogen and oxygen atoms in total. The first-order chi connectivity index (χ1) is 12.0. The van der Waals surface area contributed by atoms with Crippen LogP contribution in [0.25, 0.3) is 32.9 Å². The number of nitrogens with two attached hydrogens (primary N) is 1. The van der Waals surface area contributed by atoms with E-state index >= 15 is 0 Å². The molecule has 25 heavy (non-hydrogen) atoms. The summed E-state index contributed by atoms with van der Waals surface area (Å²) in [4.78, 5) is 15.3. The number of amides is 1. The van der Waals surface area contributed by atoms with E-state index in [0.29, 0.717) is 5.56 Å². The molecule has 120 valence electrons. The first kappa shape index (κ1) is 15.5. The number of fused-ring (bicyclic) bond motifs is 3. The van der Waals surface area contributed by atoms with Gasteiger partial charge in [-0.25, -0.2) is 0 Å². The van der Waals surface area contributed by atoms with Crippen LogP contribution in [0.2, 0.25) is 0 Å². The van der Waals surface area contributed by atoms with E-state index < -0.39 is 5.91 Å². The monoisotopic (exact) mass is 324 g/mol. The molecular formula is C21H17BN2O. The molecule has 3 N–H and O–H groups in total. The number of hydrogen-bond acceptors (Lipinski definition) is 1. The lowest BCUT2D eigenvalue weighted by molar-refractivity contribution is 0.100. The number of rotatable bonds is 2. The molecule has 1 amide bonds. The Morgan fingerprint density at radius 2 is 1.84 bits per heavy atom. The van der Waals surface area contributed by atoms with Gasteiger partial charge in [-0.15, -0.1) is 0 Å². The maximum atomic E-state index is 11.9. The van der Waals surface area contributed by atoms with Crippen molar-refractivity contribution in [2.45, 2.75) is 13.8 Å². The Hall–Kier alpha value is -3.01. The Morgan fingerprint density at radius 3 is 2.60 bits per heavy atom. The maximum Gasteiger partial charge on any atom is 0.250 e. The zero-order chi connectivity index (χ0) is 17.7. The zero-order valence-electron chi connectivity index (χ0n) is 14.2. The molecule has 0 aliphatic carbocycles. The van der Waals surface area contributed by atoms with Crippen molar-refractivity contribution in [1.29, 1.82) is 0 Å². The van der Waals surface area contributed by atoms with Gasteiger partial charge in [0, 0.05) is 16.3 Å². The van der Waals surface area contributed by atoms with Gasteiger partial charge in [-0.3, -0.25) is 4.79 Å². The third-order valence-corrected chi connectivity index (χ3v) is 4.79. The maximum absolute atomic E-state index is 11.9. The van der Waals surface area contributed by atoms with Gasteiger partial charge in [0.25, 0.3) is 5.91 Å². The second-order valence-electron chi connectivity index (χ2n) is 6.49. The Balaban J connectivity index is 2.19. The Bertz CT molecular complexity index is 1160. The highest BCUT2D eigenvalue weighted by Gasteiger charge is 2.17. The van der Waals surface area contributed by atoms with Crippen LogP contribution in [0.1, 0.15) is 21.5 Å². The minimum absolute atomic E-state index is 0.447.